The third kappa shape index (κ3) is 7.14. The van der Waals surface area contributed by atoms with Crippen LogP contribution in [0.25, 0.3) is 0 Å². The molecule has 1 rings (SSSR count). The summed E-state index contributed by atoms with van der Waals surface area (Å²) in [5.41, 5.74) is 6.37. The average Bonchev–Trinajstić information content (AvgIpc) is 2.45. The van der Waals surface area contributed by atoms with Crippen LogP contribution in [0.5, 0.6) is 5.75 Å². The van der Waals surface area contributed by atoms with Crippen LogP contribution in [0, 0.1) is 0 Å². The molecule has 1 unspecified atom stereocenters. The zero-order chi connectivity index (χ0) is 15.7. The van der Waals surface area contributed by atoms with Crippen LogP contribution >= 0.6 is 12.4 Å². The zero-order valence-electron chi connectivity index (χ0n) is 13.9. The Bertz CT molecular complexity index is 450. The molecule has 0 spiro atoms. The number of carbonyl (C=O) groups is 1. The largest absolute Gasteiger partial charge is 0.494 e. The molecule has 3 N–H and O–H groups in total. The van der Waals surface area contributed by atoms with E-state index in [2.05, 4.69) is 12.2 Å². The number of nitrogens with two attached hydrogens (primary N) is 1. The predicted octanol–water partition coefficient (Wildman–Crippen LogP) is 3.07. The summed E-state index contributed by atoms with van der Waals surface area (Å²) in [7, 11) is 0. The van der Waals surface area contributed by atoms with Crippen LogP contribution in [0.1, 0.15) is 45.6 Å². The van der Waals surface area contributed by atoms with E-state index in [0.717, 1.165) is 37.2 Å². The molecule has 126 valence electrons. The summed E-state index contributed by atoms with van der Waals surface area (Å²) in [6.07, 6.45) is 3.36. The standard InChI is InChI=1S/C17H28N2O2.ClH/c1-4-10-17(3,18)16(20)19-11-9-14-7-6-8-15(13-14)21-12-5-2;/h6-8,13H,4-5,9-12,18H2,1-3H3,(H,19,20);1H. The Morgan fingerprint density at radius 1 is 1.32 bits per heavy atom. The molecule has 1 aromatic rings. The number of halogens is 1. The molecule has 1 atom stereocenters. The van der Waals surface area contributed by atoms with Crippen LogP contribution in [0.2, 0.25) is 0 Å². The third-order valence-corrected chi connectivity index (χ3v) is 3.36. The molecule has 0 saturated heterocycles. The molecule has 1 amide bonds. The van der Waals surface area contributed by atoms with Crippen LogP contribution in [0.3, 0.4) is 0 Å². The fourth-order valence-corrected chi connectivity index (χ4v) is 2.17. The summed E-state index contributed by atoms with van der Waals surface area (Å²) >= 11 is 0. The first-order valence-electron chi connectivity index (χ1n) is 7.78. The smallest absolute Gasteiger partial charge is 0.239 e. The molecule has 0 aliphatic heterocycles. The third-order valence-electron chi connectivity index (χ3n) is 3.36. The van der Waals surface area contributed by atoms with Gasteiger partial charge in [-0.15, -0.1) is 12.4 Å². The van der Waals surface area contributed by atoms with Gasteiger partial charge in [-0.1, -0.05) is 32.4 Å². The van der Waals surface area contributed by atoms with Crippen LogP contribution < -0.4 is 15.8 Å². The molecule has 0 saturated carbocycles. The molecule has 5 heteroatoms. The van der Waals surface area contributed by atoms with Crippen molar-refractivity contribution in [2.75, 3.05) is 13.2 Å². The first-order valence-corrected chi connectivity index (χ1v) is 7.78. The molecule has 0 aliphatic rings. The van der Waals surface area contributed by atoms with Gasteiger partial charge in [-0.2, -0.15) is 0 Å². The van der Waals surface area contributed by atoms with E-state index >= 15 is 0 Å². The summed E-state index contributed by atoms with van der Waals surface area (Å²) in [5.74, 6) is 0.804. The van der Waals surface area contributed by atoms with Crippen LogP contribution in [-0.2, 0) is 11.2 Å². The SMILES string of the molecule is CCCOc1cccc(CCNC(=O)C(C)(N)CCC)c1.Cl. The Morgan fingerprint density at radius 2 is 2.05 bits per heavy atom. The number of amides is 1. The number of hydrogen-bond donors (Lipinski definition) is 2. The van der Waals surface area contributed by atoms with Crippen molar-refractivity contribution in [2.24, 2.45) is 5.73 Å². The lowest BCUT2D eigenvalue weighted by Crippen LogP contribution is -2.51. The molecule has 0 aromatic heterocycles. The van der Waals surface area contributed by atoms with Crippen LogP contribution in [-0.4, -0.2) is 24.6 Å². The van der Waals surface area contributed by atoms with Gasteiger partial charge in [0.1, 0.15) is 5.75 Å². The second-order valence-electron chi connectivity index (χ2n) is 5.67. The van der Waals surface area contributed by atoms with Crippen molar-refractivity contribution in [3.8, 4) is 5.75 Å². The molecule has 0 aliphatic carbocycles. The van der Waals surface area contributed by atoms with Gasteiger partial charge in [0.15, 0.2) is 0 Å². The minimum absolute atomic E-state index is 0. The molecule has 0 fully saturated rings. The highest BCUT2D eigenvalue weighted by Crippen LogP contribution is 2.14. The Balaban J connectivity index is 0.00000441. The minimum Gasteiger partial charge on any atom is -0.494 e. The predicted molar refractivity (Wildman–Crippen MR) is 93.7 cm³/mol. The minimum atomic E-state index is -0.777. The van der Waals surface area contributed by atoms with Crippen LogP contribution in [0.15, 0.2) is 24.3 Å². The molecule has 4 nitrogen and oxygen atoms in total. The van der Waals surface area contributed by atoms with Gasteiger partial charge in [-0.3, -0.25) is 4.79 Å². The Hall–Kier alpha value is -1.26. The first-order chi connectivity index (χ1) is 9.99. The van der Waals surface area contributed by atoms with E-state index in [1.807, 2.05) is 31.2 Å². The second kappa shape index (κ2) is 10.5. The molecular formula is C17H29ClN2O2. The lowest BCUT2D eigenvalue weighted by atomic mass is 9.96. The van der Waals surface area contributed by atoms with Gasteiger partial charge in [0.05, 0.1) is 12.1 Å². The number of carbonyl (C=O) groups excluding carboxylic acids is 1. The Morgan fingerprint density at radius 3 is 2.68 bits per heavy atom. The van der Waals surface area contributed by atoms with Gasteiger partial charge < -0.3 is 15.8 Å². The summed E-state index contributed by atoms with van der Waals surface area (Å²) in [4.78, 5) is 12.0. The molecular weight excluding hydrogens is 300 g/mol. The maximum atomic E-state index is 12.0. The van der Waals surface area contributed by atoms with Crippen molar-refractivity contribution in [3.05, 3.63) is 29.8 Å². The van der Waals surface area contributed by atoms with E-state index in [0.29, 0.717) is 13.0 Å². The number of rotatable bonds is 9. The Kier molecular flexibility index (Phi) is 9.86. The summed E-state index contributed by atoms with van der Waals surface area (Å²) in [6, 6.07) is 8.00. The summed E-state index contributed by atoms with van der Waals surface area (Å²) in [6.45, 7) is 7.21. The quantitative estimate of drug-likeness (QED) is 0.732. The molecule has 0 heterocycles. The van der Waals surface area contributed by atoms with Crippen molar-refractivity contribution in [2.45, 2.75) is 52.0 Å². The summed E-state index contributed by atoms with van der Waals surface area (Å²) < 4.78 is 5.60. The molecule has 1 aromatic carbocycles. The number of hydrogen-bond acceptors (Lipinski definition) is 3. The van der Waals surface area contributed by atoms with Gasteiger partial charge in [0.2, 0.25) is 5.91 Å². The van der Waals surface area contributed by atoms with Crippen molar-refractivity contribution in [1.82, 2.24) is 5.32 Å². The van der Waals surface area contributed by atoms with Gasteiger partial charge in [0, 0.05) is 6.54 Å². The highest BCUT2D eigenvalue weighted by Gasteiger charge is 2.26. The maximum absolute atomic E-state index is 12.0. The topological polar surface area (TPSA) is 64.3 Å². The Labute approximate surface area is 140 Å². The summed E-state index contributed by atoms with van der Waals surface area (Å²) in [5, 5.41) is 2.91. The van der Waals surface area contributed by atoms with E-state index < -0.39 is 5.54 Å². The van der Waals surface area contributed by atoms with Crippen molar-refractivity contribution < 1.29 is 9.53 Å². The van der Waals surface area contributed by atoms with E-state index in [-0.39, 0.29) is 18.3 Å². The molecule has 0 radical (unpaired) electrons. The molecule has 0 bridgehead atoms. The van der Waals surface area contributed by atoms with Crippen molar-refractivity contribution in [3.63, 3.8) is 0 Å². The van der Waals surface area contributed by atoms with E-state index in [4.69, 9.17) is 10.5 Å². The zero-order valence-corrected chi connectivity index (χ0v) is 14.7. The van der Waals surface area contributed by atoms with Gasteiger partial charge in [0.25, 0.3) is 0 Å². The second-order valence-corrected chi connectivity index (χ2v) is 5.67. The van der Waals surface area contributed by atoms with Gasteiger partial charge in [-0.05, 0) is 43.9 Å². The fraction of sp³-hybridized carbons (Fsp3) is 0.588. The first kappa shape index (κ1) is 20.7. The highest BCUT2D eigenvalue weighted by molar-refractivity contribution is 5.85. The van der Waals surface area contributed by atoms with Gasteiger partial charge >= 0.3 is 0 Å². The van der Waals surface area contributed by atoms with E-state index in [9.17, 15) is 4.79 Å². The number of ether oxygens (including phenoxy) is 1. The number of benzene rings is 1. The normalized spacial score (nSPS) is 12.9. The van der Waals surface area contributed by atoms with Crippen molar-refractivity contribution >= 4 is 18.3 Å². The van der Waals surface area contributed by atoms with Crippen LogP contribution in [0.4, 0.5) is 0 Å². The maximum Gasteiger partial charge on any atom is 0.239 e. The van der Waals surface area contributed by atoms with E-state index in [1.54, 1.807) is 6.92 Å². The van der Waals surface area contributed by atoms with E-state index in [1.165, 1.54) is 0 Å². The molecule has 22 heavy (non-hydrogen) atoms. The number of nitrogens with one attached hydrogen (secondary N) is 1. The lowest BCUT2D eigenvalue weighted by Gasteiger charge is -2.22. The average molecular weight is 329 g/mol. The van der Waals surface area contributed by atoms with Gasteiger partial charge in [-0.25, -0.2) is 0 Å². The lowest BCUT2D eigenvalue weighted by molar-refractivity contribution is -0.126. The van der Waals surface area contributed by atoms with Crippen molar-refractivity contribution in [1.29, 1.82) is 0 Å². The highest BCUT2D eigenvalue weighted by atomic mass is 35.5. The fourth-order valence-electron chi connectivity index (χ4n) is 2.17. The monoisotopic (exact) mass is 328 g/mol.